The average molecular weight is 362 g/mol. The summed E-state index contributed by atoms with van der Waals surface area (Å²) in [5, 5.41) is 9.54. The van der Waals surface area contributed by atoms with Crippen LogP contribution in [-0.4, -0.2) is 45.2 Å². The molecule has 0 unspecified atom stereocenters. The molecule has 0 N–H and O–H groups in total. The Labute approximate surface area is 149 Å². The molecule has 0 bridgehead atoms. The zero-order chi connectivity index (χ0) is 17.4. The lowest BCUT2D eigenvalue weighted by Crippen LogP contribution is -2.33. The van der Waals surface area contributed by atoms with Gasteiger partial charge >= 0.3 is 0 Å². The molecule has 0 aromatic carbocycles. The predicted octanol–water partition coefficient (Wildman–Crippen LogP) is 2.64. The van der Waals surface area contributed by atoms with Gasteiger partial charge in [-0.15, -0.1) is 0 Å². The molecule has 1 aliphatic rings. The molecule has 1 aliphatic heterocycles. The maximum atomic E-state index is 5.56. The van der Waals surface area contributed by atoms with Gasteiger partial charge in [-0.2, -0.15) is 10.1 Å². The van der Waals surface area contributed by atoms with Crippen molar-refractivity contribution in [3.63, 3.8) is 0 Å². The summed E-state index contributed by atoms with van der Waals surface area (Å²) in [4.78, 5) is 11.7. The number of nitrogens with zero attached hydrogens (tertiary/aromatic N) is 6. The molecule has 0 saturated carbocycles. The van der Waals surface area contributed by atoms with Crippen molar-refractivity contribution < 1.29 is 9.26 Å². The lowest BCUT2D eigenvalue weighted by molar-refractivity contribution is 0.199. The van der Waals surface area contributed by atoms with E-state index in [2.05, 4.69) is 20.1 Å². The van der Waals surface area contributed by atoms with Crippen LogP contribution >= 0.6 is 11.3 Å². The molecule has 4 heterocycles. The highest BCUT2D eigenvalue weighted by molar-refractivity contribution is 7.22. The van der Waals surface area contributed by atoms with E-state index >= 15 is 0 Å². The summed E-state index contributed by atoms with van der Waals surface area (Å²) >= 11 is 1.69. The summed E-state index contributed by atoms with van der Waals surface area (Å²) in [5.74, 6) is 1.38. The zero-order valence-corrected chi connectivity index (χ0v) is 15.5. The first-order chi connectivity index (χ1) is 12.2. The molecule has 0 aliphatic carbocycles. The number of piperidine rings is 1. The van der Waals surface area contributed by atoms with Gasteiger partial charge in [0, 0.05) is 27.1 Å². The Kier molecular flexibility index (Phi) is 4.43. The minimum Gasteiger partial charge on any atom is -0.384 e. The van der Waals surface area contributed by atoms with E-state index in [1.54, 1.807) is 18.4 Å². The number of aromatic nitrogens is 5. The molecular weight excluding hydrogens is 340 g/mol. The van der Waals surface area contributed by atoms with Crippen LogP contribution in [0, 0.1) is 6.92 Å². The fourth-order valence-electron chi connectivity index (χ4n) is 3.31. The lowest BCUT2D eigenvalue weighted by atomic mass is 10.0. The number of hydrogen-bond acceptors (Lipinski definition) is 8. The van der Waals surface area contributed by atoms with Crippen molar-refractivity contribution in [1.29, 1.82) is 0 Å². The molecule has 1 fully saturated rings. The summed E-state index contributed by atoms with van der Waals surface area (Å²) in [7, 11) is 3.61. The Balaban J connectivity index is 1.63. The van der Waals surface area contributed by atoms with Crippen molar-refractivity contribution in [2.45, 2.75) is 38.6 Å². The summed E-state index contributed by atoms with van der Waals surface area (Å²) in [5.41, 5.74) is 1.96. The van der Waals surface area contributed by atoms with E-state index in [1.165, 1.54) is 0 Å². The summed E-state index contributed by atoms with van der Waals surface area (Å²) in [6.45, 7) is 3.57. The fraction of sp³-hybridized carbons (Fsp3) is 0.625. The van der Waals surface area contributed by atoms with Gasteiger partial charge in [0.15, 0.2) is 16.6 Å². The molecule has 8 nitrogen and oxygen atoms in total. The third-order valence-electron chi connectivity index (χ3n) is 4.58. The summed E-state index contributed by atoms with van der Waals surface area (Å²) < 4.78 is 13.6. The van der Waals surface area contributed by atoms with Crippen LogP contribution < -0.4 is 4.90 Å². The second-order valence-electron chi connectivity index (χ2n) is 6.35. The molecule has 134 valence electrons. The third-order valence-corrected chi connectivity index (χ3v) is 5.77. The molecule has 3 aromatic rings. The quantitative estimate of drug-likeness (QED) is 0.690. The maximum absolute atomic E-state index is 5.56. The number of rotatable bonds is 5. The lowest BCUT2D eigenvalue weighted by Gasteiger charge is -2.33. The smallest absolute Gasteiger partial charge is 0.249 e. The molecule has 0 spiro atoms. The SMILES string of the molecule is COCCc1noc([C@@H]2CCCCN2c2nc3c(s2)c(C)nn3C)n1. The maximum Gasteiger partial charge on any atom is 0.249 e. The van der Waals surface area contributed by atoms with Gasteiger partial charge in [0.2, 0.25) is 5.89 Å². The van der Waals surface area contributed by atoms with E-state index in [-0.39, 0.29) is 6.04 Å². The summed E-state index contributed by atoms with van der Waals surface area (Å²) in [6, 6.07) is 0.0892. The molecule has 9 heteroatoms. The number of methoxy groups -OCH3 is 1. The first-order valence-electron chi connectivity index (χ1n) is 8.55. The van der Waals surface area contributed by atoms with Crippen LogP contribution in [0.5, 0.6) is 0 Å². The predicted molar refractivity (Wildman–Crippen MR) is 94.9 cm³/mol. The van der Waals surface area contributed by atoms with Crippen LogP contribution in [0.3, 0.4) is 0 Å². The number of anilines is 1. The van der Waals surface area contributed by atoms with E-state index in [1.807, 2.05) is 18.7 Å². The standard InChI is InChI=1S/C16H22N6O2S/c1-10-13-14(21(2)19-10)18-16(25-13)22-8-5-4-6-11(22)15-17-12(20-24-15)7-9-23-3/h11H,4-9H2,1-3H3/t11-/m0/s1. The normalized spacial score (nSPS) is 18.4. The topological polar surface area (TPSA) is 82.1 Å². The van der Waals surface area contributed by atoms with Crippen LogP contribution in [0.4, 0.5) is 5.13 Å². The van der Waals surface area contributed by atoms with Crippen molar-refractivity contribution in [2.24, 2.45) is 7.05 Å². The minimum atomic E-state index is 0.0892. The van der Waals surface area contributed by atoms with Crippen molar-refractivity contribution >= 4 is 26.8 Å². The molecular formula is C16H22N6O2S. The van der Waals surface area contributed by atoms with Crippen LogP contribution in [-0.2, 0) is 18.2 Å². The Morgan fingerprint density at radius 2 is 2.20 bits per heavy atom. The van der Waals surface area contributed by atoms with E-state index in [0.717, 1.165) is 47.0 Å². The monoisotopic (exact) mass is 362 g/mol. The highest BCUT2D eigenvalue weighted by Gasteiger charge is 2.31. The van der Waals surface area contributed by atoms with E-state index in [4.69, 9.17) is 14.2 Å². The molecule has 0 radical (unpaired) electrons. The second-order valence-corrected chi connectivity index (χ2v) is 7.33. The highest BCUT2D eigenvalue weighted by Crippen LogP contribution is 2.38. The Bertz CT molecular complexity index is 835. The van der Waals surface area contributed by atoms with Crippen LogP contribution in [0.25, 0.3) is 10.3 Å². The minimum absolute atomic E-state index is 0.0892. The van der Waals surface area contributed by atoms with Gasteiger partial charge in [-0.05, 0) is 26.2 Å². The Hall–Kier alpha value is -2.00. The van der Waals surface area contributed by atoms with Gasteiger partial charge in [-0.1, -0.05) is 16.5 Å². The van der Waals surface area contributed by atoms with Gasteiger partial charge in [-0.3, -0.25) is 0 Å². The third kappa shape index (κ3) is 3.02. The van der Waals surface area contributed by atoms with E-state index < -0.39 is 0 Å². The van der Waals surface area contributed by atoms with Gasteiger partial charge < -0.3 is 14.2 Å². The van der Waals surface area contributed by atoms with Crippen LogP contribution in [0.1, 0.15) is 42.7 Å². The van der Waals surface area contributed by atoms with Crippen molar-refractivity contribution in [1.82, 2.24) is 24.9 Å². The van der Waals surface area contributed by atoms with Crippen LogP contribution in [0.15, 0.2) is 4.52 Å². The Morgan fingerprint density at radius 1 is 1.32 bits per heavy atom. The van der Waals surface area contributed by atoms with Crippen molar-refractivity contribution in [3.8, 4) is 0 Å². The van der Waals surface area contributed by atoms with Gasteiger partial charge in [0.25, 0.3) is 0 Å². The summed E-state index contributed by atoms with van der Waals surface area (Å²) in [6.07, 6.45) is 3.97. The van der Waals surface area contributed by atoms with E-state index in [9.17, 15) is 0 Å². The molecule has 25 heavy (non-hydrogen) atoms. The van der Waals surface area contributed by atoms with Gasteiger partial charge in [0.1, 0.15) is 6.04 Å². The second kappa shape index (κ2) is 6.72. The molecule has 1 atom stereocenters. The first-order valence-corrected chi connectivity index (χ1v) is 9.37. The molecule has 4 rings (SSSR count). The van der Waals surface area contributed by atoms with Crippen molar-refractivity contribution in [2.75, 3.05) is 25.2 Å². The van der Waals surface area contributed by atoms with Crippen molar-refractivity contribution in [3.05, 3.63) is 17.4 Å². The largest absolute Gasteiger partial charge is 0.384 e. The van der Waals surface area contributed by atoms with E-state index in [0.29, 0.717) is 24.7 Å². The Morgan fingerprint density at radius 3 is 3.00 bits per heavy atom. The van der Waals surface area contributed by atoms with Crippen LogP contribution in [0.2, 0.25) is 0 Å². The number of hydrogen-bond donors (Lipinski definition) is 0. The van der Waals surface area contributed by atoms with Gasteiger partial charge in [-0.25, -0.2) is 9.67 Å². The fourth-order valence-corrected chi connectivity index (χ4v) is 4.42. The first kappa shape index (κ1) is 16.5. The molecule has 1 saturated heterocycles. The molecule has 0 amide bonds. The van der Waals surface area contributed by atoms with Gasteiger partial charge in [0.05, 0.1) is 17.0 Å². The number of thiazole rings is 1. The number of aryl methyl sites for hydroxylation is 2. The molecule has 3 aromatic heterocycles. The highest BCUT2D eigenvalue weighted by atomic mass is 32.1. The zero-order valence-electron chi connectivity index (χ0n) is 14.7. The number of fused-ring (bicyclic) bond motifs is 1. The number of ether oxygens (including phenoxy) is 1. The average Bonchev–Trinajstić information content (AvgIpc) is 3.31.